The summed E-state index contributed by atoms with van der Waals surface area (Å²) in [6.45, 7) is 3.48. The molecule has 4 aromatic rings. The Kier molecular flexibility index (Phi) is 6.17. The molecule has 0 aliphatic carbocycles. The number of nitriles is 1. The van der Waals surface area contributed by atoms with Crippen molar-refractivity contribution in [2.75, 3.05) is 11.4 Å². The Morgan fingerprint density at radius 2 is 1.94 bits per heavy atom. The van der Waals surface area contributed by atoms with Crippen LogP contribution in [-0.4, -0.2) is 32.7 Å². The van der Waals surface area contributed by atoms with Gasteiger partial charge in [-0.1, -0.05) is 11.3 Å². The number of nitrogens with zero attached hydrogens (tertiary/aromatic N) is 6. The fraction of sp³-hybridized carbons (Fsp3) is 0.238. The average molecular weight is 521 g/mol. The van der Waals surface area contributed by atoms with Crippen molar-refractivity contribution in [1.82, 2.24) is 19.7 Å². The molecular formula is C21H16BrF3N6S. The number of hydrogen-bond acceptors (Lipinski definition) is 6. The topological polar surface area (TPSA) is 70.6 Å². The Morgan fingerprint density at radius 1 is 1.22 bits per heavy atom. The fourth-order valence-corrected chi connectivity index (χ4v) is 4.80. The fourth-order valence-electron chi connectivity index (χ4n) is 3.38. The van der Waals surface area contributed by atoms with Crippen LogP contribution in [0.15, 0.2) is 34.9 Å². The Morgan fingerprint density at radius 3 is 2.56 bits per heavy atom. The van der Waals surface area contributed by atoms with E-state index >= 15 is 0 Å². The van der Waals surface area contributed by atoms with E-state index in [4.69, 9.17) is 0 Å². The van der Waals surface area contributed by atoms with E-state index in [1.54, 1.807) is 10.7 Å². The standard InChI is InChI=1S/C21H16BrF3N6S/c1-3-31-20(19-17(29-31)11(2)8-15(22)27-19)30(10-16(24)25)21-28-18(14(9-26)32-21)12-4-6-13(23)7-5-12/h4-8,16H,3,10H2,1-2H3. The van der Waals surface area contributed by atoms with Crippen LogP contribution >= 0.6 is 27.3 Å². The summed E-state index contributed by atoms with van der Waals surface area (Å²) in [4.78, 5) is 10.6. The number of aromatic nitrogens is 4. The van der Waals surface area contributed by atoms with Crippen LogP contribution in [0.3, 0.4) is 0 Å². The van der Waals surface area contributed by atoms with Crippen LogP contribution in [0, 0.1) is 24.1 Å². The first-order chi connectivity index (χ1) is 15.3. The summed E-state index contributed by atoms with van der Waals surface area (Å²) in [5.74, 6) is -0.0523. The number of benzene rings is 1. The van der Waals surface area contributed by atoms with E-state index in [9.17, 15) is 18.4 Å². The first kappa shape index (κ1) is 22.2. The summed E-state index contributed by atoms with van der Waals surface area (Å²) in [5.41, 5.74) is 2.73. The van der Waals surface area contributed by atoms with Crippen molar-refractivity contribution < 1.29 is 13.2 Å². The molecule has 0 aliphatic rings. The Bertz CT molecular complexity index is 1330. The van der Waals surface area contributed by atoms with Crippen LogP contribution < -0.4 is 4.90 Å². The van der Waals surface area contributed by atoms with Crippen molar-refractivity contribution in [1.29, 1.82) is 5.26 Å². The smallest absolute Gasteiger partial charge is 0.256 e. The molecule has 32 heavy (non-hydrogen) atoms. The summed E-state index contributed by atoms with van der Waals surface area (Å²) >= 11 is 4.36. The minimum Gasteiger partial charge on any atom is -0.295 e. The predicted octanol–water partition coefficient (Wildman–Crippen LogP) is 6.06. The van der Waals surface area contributed by atoms with Crippen molar-refractivity contribution >= 4 is 49.2 Å². The third-order valence-corrected chi connectivity index (χ3v) is 6.16. The van der Waals surface area contributed by atoms with Gasteiger partial charge in [0.25, 0.3) is 6.43 Å². The minimum atomic E-state index is -2.68. The summed E-state index contributed by atoms with van der Waals surface area (Å²) in [5, 5.41) is 14.4. The van der Waals surface area contributed by atoms with Gasteiger partial charge in [0.15, 0.2) is 10.9 Å². The van der Waals surface area contributed by atoms with Crippen molar-refractivity contribution in [2.24, 2.45) is 0 Å². The second-order valence-corrected chi connectivity index (χ2v) is 8.68. The number of anilines is 2. The molecule has 0 saturated carbocycles. The van der Waals surface area contributed by atoms with Gasteiger partial charge >= 0.3 is 0 Å². The summed E-state index contributed by atoms with van der Waals surface area (Å²) < 4.78 is 42.9. The number of halogens is 4. The van der Waals surface area contributed by atoms with E-state index in [-0.39, 0.29) is 10.0 Å². The van der Waals surface area contributed by atoms with Crippen molar-refractivity contribution in [2.45, 2.75) is 26.8 Å². The number of aryl methyl sites for hydroxylation is 2. The van der Waals surface area contributed by atoms with Gasteiger partial charge in [-0.25, -0.2) is 27.8 Å². The summed E-state index contributed by atoms with van der Waals surface area (Å²) in [6.07, 6.45) is -2.68. The van der Waals surface area contributed by atoms with E-state index in [1.807, 2.05) is 13.8 Å². The van der Waals surface area contributed by atoms with E-state index in [0.29, 0.717) is 39.3 Å². The predicted molar refractivity (Wildman–Crippen MR) is 121 cm³/mol. The van der Waals surface area contributed by atoms with E-state index in [1.165, 1.54) is 29.2 Å². The maximum absolute atomic E-state index is 13.7. The van der Waals surface area contributed by atoms with E-state index in [2.05, 4.69) is 37.1 Å². The lowest BCUT2D eigenvalue weighted by Crippen LogP contribution is -2.26. The van der Waals surface area contributed by atoms with Crippen molar-refractivity contribution in [3.8, 4) is 17.3 Å². The SMILES string of the molecule is CCn1nc2c(C)cc(Br)nc2c1N(CC(F)F)c1nc(-c2ccc(F)cc2)c(C#N)s1. The lowest BCUT2D eigenvalue weighted by atomic mass is 10.1. The number of fused-ring (bicyclic) bond motifs is 1. The number of pyridine rings is 1. The van der Waals surface area contributed by atoms with Gasteiger partial charge in [0.05, 0.1) is 6.54 Å². The van der Waals surface area contributed by atoms with Crippen LogP contribution in [0.5, 0.6) is 0 Å². The normalized spacial score (nSPS) is 11.3. The molecule has 3 heterocycles. The van der Waals surface area contributed by atoms with Crippen LogP contribution in [0.2, 0.25) is 0 Å². The molecular weight excluding hydrogens is 505 g/mol. The lowest BCUT2D eigenvalue weighted by molar-refractivity contribution is 0.157. The zero-order valence-corrected chi connectivity index (χ0v) is 19.4. The van der Waals surface area contributed by atoms with Gasteiger partial charge in [-0.15, -0.1) is 0 Å². The molecule has 6 nitrogen and oxygen atoms in total. The molecule has 11 heteroatoms. The Labute approximate surface area is 194 Å². The molecule has 0 N–H and O–H groups in total. The van der Waals surface area contributed by atoms with Crippen LogP contribution in [-0.2, 0) is 6.54 Å². The Balaban J connectivity index is 1.94. The molecule has 164 valence electrons. The second kappa shape index (κ2) is 8.88. The van der Waals surface area contributed by atoms with Gasteiger partial charge in [0.2, 0.25) is 0 Å². The first-order valence-corrected chi connectivity index (χ1v) is 11.2. The molecule has 0 saturated heterocycles. The van der Waals surface area contributed by atoms with E-state index < -0.39 is 18.8 Å². The maximum atomic E-state index is 13.7. The molecule has 0 bridgehead atoms. The lowest BCUT2D eigenvalue weighted by Gasteiger charge is -2.22. The summed E-state index contributed by atoms with van der Waals surface area (Å²) in [7, 11) is 0. The zero-order valence-electron chi connectivity index (χ0n) is 17.0. The highest BCUT2D eigenvalue weighted by Gasteiger charge is 2.28. The van der Waals surface area contributed by atoms with E-state index in [0.717, 1.165) is 16.9 Å². The monoisotopic (exact) mass is 520 g/mol. The second-order valence-electron chi connectivity index (χ2n) is 6.89. The number of rotatable bonds is 6. The van der Waals surface area contributed by atoms with Crippen LogP contribution in [0.1, 0.15) is 17.4 Å². The molecule has 0 atom stereocenters. The summed E-state index contributed by atoms with van der Waals surface area (Å²) in [6, 6.07) is 9.40. The highest BCUT2D eigenvalue weighted by Crippen LogP contribution is 2.39. The van der Waals surface area contributed by atoms with Crippen molar-refractivity contribution in [3.63, 3.8) is 0 Å². The third-order valence-electron chi connectivity index (χ3n) is 4.77. The van der Waals surface area contributed by atoms with Gasteiger partial charge in [0, 0.05) is 12.1 Å². The highest BCUT2D eigenvalue weighted by atomic mass is 79.9. The zero-order chi connectivity index (χ0) is 23.0. The molecule has 4 rings (SSSR count). The average Bonchev–Trinajstić information content (AvgIpc) is 3.34. The van der Waals surface area contributed by atoms with Gasteiger partial charge in [0.1, 0.15) is 38.1 Å². The Hall–Kier alpha value is -2.97. The van der Waals surface area contributed by atoms with Crippen LogP contribution in [0.4, 0.5) is 24.1 Å². The molecule has 0 unspecified atom stereocenters. The largest absolute Gasteiger partial charge is 0.295 e. The molecule has 0 aliphatic heterocycles. The van der Waals surface area contributed by atoms with Gasteiger partial charge in [-0.3, -0.25) is 4.90 Å². The molecule has 0 amide bonds. The minimum absolute atomic E-state index is 0.206. The van der Waals surface area contributed by atoms with Crippen molar-refractivity contribution in [3.05, 3.63) is 51.2 Å². The number of thiazole rings is 1. The van der Waals surface area contributed by atoms with Gasteiger partial charge in [-0.05, 0) is 65.7 Å². The molecule has 0 radical (unpaired) electrons. The first-order valence-electron chi connectivity index (χ1n) is 9.58. The van der Waals surface area contributed by atoms with Gasteiger partial charge < -0.3 is 0 Å². The maximum Gasteiger partial charge on any atom is 0.256 e. The molecule has 0 fully saturated rings. The van der Waals surface area contributed by atoms with Gasteiger partial charge in [-0.2, -0.15) is 10.4 Å². The number of hydrogen-bond donors (Lipinski definition) is 0. The molecule has 0 spiro atoms. The third kappa shape index (κ3) is 4.08. The number of alkyl halides is 2. The molecule has 3 aromatic heterocycles. The van der Waals surface area contributed by atoms with Crippen LogP contribution in [0.25, 0.3) is 22.3 Å². The molecule has 1 aromatic carbocycles. The highest BCUT2D eigenvalue weighted by molar-refractivity contribution is 9.10. The quantitative estimate of drug-likeness (QED) is 0.289.